The van der Waals surface area contributed by atoms with E-state index in [1.807, 2.05) is 17.7 Å². The average Bonchev–Trinajstić information content (AvgIpc) is 2.44. The van der Waals surface area contributed by atoms with Gasteiger partial charge in [0.05, 0.1) is 4.90 Å². The third-order valence-electron chi connectivity index (χ3n) is 3.19. The number of hydrogen-bond donors (Lipinski definition) is 1. The van der Waals surface area contributed by atoms with E-state index in [9.17, 15) is 13.2 Å². The fourth-order valence-electron chi connectivity index (χ4n) is 2.44. The van der Waals surface area contributed by atoms with Crippen LogP contribution >= 0.6 is 0 Å². The molecule has 0 saturated carbocycles. The van der Waals surface area contributed by atoms with Crippen molar-refractivity contribution in [2.45, 2.75) is 25.7 Å². The Labute approximate surface area is 136 Å². The second-order valence-electron chi connectivity index (χ2n) is 5.28. The number of hydrogen-bond acceptors (Lipinski definition) is 3. The molecule has 5 heteroatoms. The van der Waals surface area contributed by atoms with Crippen LogP contribution in [-0.2, 0) is 14.8 Å². The molecule has 0 saturated heterocycles. The van der Waals surface area contributed by atoms with E-state index >= 15 is 0 Å². The Morgan fingerprint density at radius 2 is 1.57 bits per heavy atom. The van der Waals surface area contributed by atoms with Gasteiger partial charge in [-0.15, -0.1) is 0 Å². The lowest BCUT2D eigenvalue weighted by Crippen LogP contribution is -2.30. The molecule has 0 aliphatic heterocycles. The van der Waals surface area contributed by atoms with E-state index < -0.39 is 15.9 Å². The molecule has 118 valence electrons. The summed E-state index contributed by atoms with van der Waals surface area (Å²) in [6.07, 6.45) is 0. The first-order valence-electron chi connectivity index (χ1n) is 7.01. The highest BCUT2D eigenvalue weighted by Gasteiger charge is 2.21. The maximum absolute atomic E-state index is 12.4. The summed E-state index contributed by atoms with van der Waals surface area (Å²) in [4.78, 5) is 12.0. The second-order valence-corrected chi connectivity index (χ2v) is 6.90. The predicted molar refractivity (Wildman–Crippen MR) is 89.3 cm³/mol. The van der Waals surface area contributed by atoms with Gasteiger partial charge in [-0.1, -0.05) is 41.8 Å². The molecule has 2 rings (SSSR count). The molecule has 0 aliphatic rings. The maximum Gasteiger partial charge on any atom is 0.309 e. The van der Waals surface area contributed by atoms with Crippen molar-refractivity contribution >= 4 is 15.9 Å². The smallest absolute Gasteiger partial charge is 0.258 e. The molecule has 2 aromatic rings. The molecule has 0 heterocycles. The molecule has 0 radical (unpaired) electrons. The van der Waals surface area contributed by atoms with Gasteiger partial charge in [0.15, 0.2) is 0 Å². The van der Waals surface area contributed by atoms with Crippen LogP contribution in [0.15, 0.2) is 47.4 Å². The fourth-order valence-corrected chi connectivity index (χ4v) is 3.80. The quantitative estimate of drug-likeness (QED) is 0.862. The molecular formula is C18H17NO3S. The topological polar surface area (TPSA) is 63.2 Å². The zero-order chi connectivity index (χ0) is 17.0. The van der Waals surface area contributed by atoms with Crippen LogP contribution in [-0.4, -0.2) is 14.3 Å². The summed E-state index contributed by atoms with van der Waals surface area (Å²) in [5.74, 6) is 4.07. The van der Waals surface area contributed by atoms with Gasteiger partial charge in [-0.2, -0.15) is 0 Å². The molecule has 1 N–H and O–H groups in total. The summed E-state index contributed by atoms with van der Waals surface area (Å²) in [6, 6.07) is 12.4. The second kappa shape index (κ2) is 6.67. The Morgan fingerprint density at radius 1 is 1.00 bits per heavy atom. The predicted octanol–water partition coefficient (Wildman–Crippen LogP) is 2.47. The number of carbonyl (C=O) groups excluding carboxylic acids is 1. The van der Waals surface area contributed by atoms with Gasteiger partial charge in [0.1, 0.15) is 0 Å². The van der Waals surface area contributed by atoms with Crippen molar-refractivity contribution in [3.05, 3.63) is 64.7 Å². The molecule has 2 aromatic carbocycles. The van der Waals surface area contributed by atoms with E-state index in [1.165, 1.54) is 0 Å². The van der Waals surface area contributed by atoms with Gasteiger partial charge in [0.2, 0.25) is 0 Å². The van der Waals surface area contributed by atoms with Crippen LogP contribution in [0.1, 0.15) is 22.3 Å². The maximum atomic E-state index is 12.4. The van der Waals surface area contributed by atoms with E-state index in [0.717, 1.165) is 5.56 Å². The first kappa shape index (κ1) is 16.8. The standard InChI is InChI=1S/C18H17NO3S/c1-13-11-14(2)18(15(3)12-13)23(21,22)19-17(20)10-9-16-7-5-4-6-8-16/h4-8,11-12H,1-3H3,(H,19,20). The Balaban J connectivity index is 2.26. The van der Waals surface area contributed by atoms with E-state index in [-0.39, 0.29) is 4.90 Å². The molecule has 4 nitrogen and oxygen atoms in total. The van der Waals surface area contributed by atoms with Gasteiger partial charge >= 0.3 is 5.91 Å². The molecule has 0 bridgehead atoms. The monoisotopic (exact) mass is 327 g/mol. The van der Waals surface area contributed by atoms with E-state index in [0.29, 0.717) is 16.7 Å². The van der Waals surface area contributed by atoms with E-state index in [2.05, 4.69) is 11.8 Å². The van der Waals surface area contributed by atoms with Crippen LogP contribution < -0.4 is 4.72 Å². The first-order valence-corrected chi connectivity index (χ1v) is 8.49. The minimum absolute atomic E-state index is 0.123. The van der Waals surface area contributed by atoms with Crippen LogP contribution in [0.5, 0.6) is 0 Å². The number of benzene rings is 2. The van der Waals surface area contributed by atoms with Crippen LogP contribution in [0.4, 0.5) is 0 Å². The lowest BCUT2D eigenvalue weighted by molar-refractivity contribution is -0.114. The van der Waals surface area contributed by atoms with Gasteiger partial charge in [0.25, 0.3) is 10.0 Å². The van der Waals surface area contributed by atoms with Gasteiger partial charge < -0.3 is 0 Å². The van der Waals surface area contributed by atoms with Crippen LogP contribution in [0.2, 0.25) is 0 Å². The molecular weight excluding hydrogens is 310 g/mol. The molecule has 0 unspecified atom stereocenters. The highest BCUT2D eigenvalue weighted by atomic mass is 32.2. The van der Waals surface area contributed by atoms with Crippen LogP contribution in [0.3, 0.4) is 0 Å². The van der Waals surface area contributed by atoms with Crippen molar-refractivity contribution in [1.82, 2.24) is 4.72 Å². The highest BCUT2D eigenvalue weighted by molar-refractivity contribution is 7.90. The summed E-state index contributed by atoms with van der Waals surface area (Å²) in [5, 5.41) is 0. The van der Waals surface area contributed by atoms with Crippen molar-refractivity contribution in [1.29, 1.82) is 0 Å². The van der Waals surface area contributed by atoms with Crippen LogP contribution in [0.25, 0.3) is 0 Å². The largest absolute Gasteiger partial charge is 0.309 e. The number of sulfonamides is 1. The summed E-state index contributed by atoms with van der Waals surface area (Å²) < 4.78 is 26.8. The first-order chi connectivity index (χ1) is 10.8. The normalized spacial score (nSPS) is 10.6. The lowest BCUT2D eigenvalue weighted by Gasteiger charge is -2.11. The summed E-state index contributed by atoms with van der Waals surface area (Å²) in [7, 11) is -3.94. The zero-order valence-corrected chi connectivity index (χ0v) is 14.0. The van der Waals surface area contributed by atoms with Crippen molar-refractivity contribution in [3.8, 4) is 11.8 Å². The Bertz CT molecular complexity index is 881. The number of amides is 1. The van der Waals surface area contributed by atoms with E-state index in [1.54, 1.807) is 50.2 Å². The summed E-state index contributed by atoms with van der Waals surface area (Å²) in [6.45, 7) is 5.30. The minimum atomic E-state index is -3.94. The summed E-state index contributed by atoms with van der Waals surface area (Å²) in [5.41, 5.74) is 2.80. The number of aryl methyl sites for hydroxylation is 3. The molecule has 0 spiro atoms. The highest BCUT2D eigenvalue weighted by Crippen LogP contribution is 2.21. The minimum Gasteiger partial charge on any atom is -0.258 e. The van der Waals surface area contributed by atoms with Crippen molar-refractivity contribution in [2.75, 3.05) is 0 Å². The Morgan fingerprint density at radius 3 is 2.13 bits per heavy atom. The van der Waals surface area contributed by atoms with Crippen molar-refractivity contribution in [2.24, 2.45) is 0 Å². The van der Waals surface area contributed by atoms with Gasteiger partial charge in [0, 0.05) is 11.5 Å². The van der Waals surface area contributed by atoms with Gasteiger partial charge in [-0.05, 0) is 44.0 Å². The average molecular weight is 327 g/mol. The van der Waals surface area contributed by atoms with Gasteiger partial charge in [-0.25, -0.2) is 13.1 Å². The molecule has 0 atom stereocenters. The molecule has 0 aromatic heterocycles. The third-order valence-corrected chi connectivity index (χ3v) is 4.83. The zero-order valence-electron chi connectivity index (χ0n) is 13.2. The molecule has 0 aliphatic carbocycles. The van der Waals surface area contributed by atoms with Crippen molar-refractivity contribution < 1.29 is 13.2 Å². The number of carbonyl (C=O) groups is 1. The van der Waals surface area contributed by atoms with Crippen LogP contribution in [0, 0.1) is 32.6 Å². The molecule has 1 amide bonds. The molecule has 23 heavy (non-hydrogen) atoms. The Kier molecular flexibility index (Phi) is 4.87. The Hall–Kier alpha value is -2.58. The number of nitrogens with one attached hydrogen (secondary N) is 1. The number of rotatable bonds is 2. The third kappa shape index (κ3) is 4.21. The van der Waals surface area contributed by atoms with Gasteiger partial charge in [-0.3, -0.25) is 4.79 Å². The fraction of sp³-hybridized carbons (Fsp3) is 0.167. The van der Waals surface area contributed by atoms with Crippen molar-refractivity contribution in [3.63, 3.8) is 0 Å². The van der Waals surface area contributed by atoms with E-state index in [4.69, 9.17) is 0 Å². The lowest BCUT2D eigenvalue weighted by atomic mass is 10.1. The summed E-state index contributed by atoms with van der Waals surface area (Å²) >= 11 is 0. The molecule has 0 fully saturated rings. The SMILES string of the molecule is Cc1cc(C)c(S(=O)(=O)NC(=O)C#Cc2ccccc2)c(C)c1.